The molecule has 0 aliphatic rings. The highest BCUT2D eigenvalue weighted by Gasteiger charge is 2.30. The highest BCUT2D eigenvalue weighted by atomic mass is 19.4. The van der Waals surface area contributed by atoms with Crippen molar-refractivity contribution in [1.29, 1.82) is 0 Å². The number of halogens is 3. The van der Waals surface area contributed by atoms with Crippen molar-refractivity contribution >= 4 is 6.21 Å². The third-order valence-electron chi connectivity index (χ3n) is 0.966. The van der Waals surface area contributed by atoms with E-state index in [4.69, 9.17) is 0 Å². The minimum atomic E-state index is -4.46. The number of nitrogens with two attached hydrogens (primary N) is 1. The van der Waals surface area contributed by atoms with E-state index in [9.17, 15) is 13.2 Å². The summed E-state index contributed by atoms with van der Waals surface area (Å²) in [5.41, 5.74) is 3.55. The van der Waals surface area contributed by atoms with Crippen LogP contribution < -0.4 is 5.73 Å². The lowest BCUT2D eigenvalue weighted by Gasteiger charge is -2.03. The Bertz CT molecular complexity index is 191. The van der Waals surface area contributed by atoms with E-state index in [0.717, 1.165) is 12.3 Å². The molecular formula is C7H11F3N2. The first kappa shape index (κ1) is 11.0. The standard InChI is InChI=1S/C7H11F3N2/c1-5(2)12-4-3-6(11)7(8,9)10/h3-5H,11H2,1-2H3/b6-3-,12-4?. The molecule has 2 N–H and O–H groups in total. The highest BCUT2D eigenvalue weighted by Crippen LogP contribution is 2.20. The highest BCUT2D eigenvalue weighted by molar-refractivity contribution is 5.72. The monoisotopic (exact) mass is 180 g/mol. The fourth-order valence-corrected chi connectivity index (χ4v) is 0.390. The van der Waals surface area contributed by atoms with Gasteiger partial charge in [-0.15, -0.1) is 0 Å². The van der Waals surface area contributed by atoms with Gasteiger partial charge < -0.3 is 5.73 Å². The van der Waals surface area contributed by atoms with Crippen LogP contribution in [0.25, 0.3) is 0 Å². The molecule has 0 aromatic rings. The van der Waals surface area contributed by atoms with Gasteiger partial charge in [-0.3, -0.25) is 4.99 Å². The molecule has 0 saturated carbocycles. The Hall–Kier alpha value is -1.00. The number of aliphatic imine (C=N–C) groups is 1. The van der Waals surface area contributed by atoms with Crippen LogP contribution in [0.1, 0.15) is 13.8 Å². The number of rotatable bonds is 2. The summed E-state index contributed by atoms with van der Waals surface area (Å²) in [6.07, 6.45) is -2.64. The molecule has 5 heteroatoms. The molecule has 0 amide bonds. The topological polar surface area (TPSA) is 38.4 Å². The molecular weight excluding hydrogens is 169 g/mol. The molecule has 12 heavy (non-hydrogen) atoms. The van der Waals surface area contributed by atoms with Gasteiger partial charge in [-0.05, 0) is 19.9 Å². The number of nitrogens with zero attached hydrogens (tertiary/aromatic N) is 1. The van der Waals surface area contributed by atoms with Crippen molar-refractivity contribution in [3.05, 3.63) is 11.8 Å². The van der Waals surface area contributed by atoms with Crippen molar-refractivity contribution in [2.24, 2.45) is 10.7 Å². The second-order valence-electron chi connectivity index (χ2n) is 2.51. The van der Waals surface area contributed by atoms with Crippen molar-refractivity contribution in [3.63, 3.8) is 0 Å². The summed E-state index contributed by atoms with van der Waals surface area (Å²) < 4.78 is 35.2. The average Bonchev–Trinajstić information content (AvgIpc) is 1.84. The number of hydrogen-bond acceptors (Lipinski definition) is 2. The Balaban J connectivity index is 4.20. The Labute approximate surface area is 69.0 Å². The largest absolute Gasteiger partial charge is 0.430 e. The summed E-state index contributed by atoms with van der Waals surface area (Å²) in [5.74, 6) is 0. The van der Waals surface area contributed by atoms with Crippen LogP contribution in [0.3, 0.4) is 0 Å². The van der Waals surface area contributed by atoms with Crippen molar-refractivity contribution in [2.45, 2.75) is 26.1 Å². The summed E-state index contributed by atoms with van der Waals surface area (Å²) in [4.78, 5) is 3.70. The Morgan fingerprint density at radius 1 is 1.42 bits per heavy atom. The van der Waals surface area contributed by atoms with E-state index in [2.05, 4.69) is 10.7 Å². The number of hydrogen-bond donors (Lipinski definition) is 1. The summed E-state index contributed by atoms with van der Waals surface area (Å²) in [5, 5.41) is 0. The van der Waals surface area contributed by atoms with Crippen molar-refractivity contribution in [1.82, 2.24) is 0 Å². The average molecular weight is 180 g/mol. The fraction of sp³-hybridized carbons (Fsp3) is 0.571. The lowest BCUT2D eigenvalue weighted by Crippen LogP contribution is -2.19. The van der Waals surface area contributed by atoms with Gasteiger partial charge in [0.05, 0.1) is 0 Å². The van der Waals surface area contributed by atoms with Gasteiger partial charge in [0, 0.05) is 12.3 Å². The third kappa shape index (κ3) is 4.76. The zero-order valence-corrected chi connectivity index (χ0v) is 6.89. The molecule has 0 heterocycles. The van der Waals surface area contributed by atoms with E-state index >= 15 is 0 Å². The molecule has 0 atom stereocenters. The van der Waals surface area contributed by atoms with Gasteiger partial charge in [-0.2, -0.15) is 13.2 Å². The van der Waals surface area contributed by atoms with E-state index in [0.29, 0.717) is 0 Å². The van der Waals surface area contributed by atoms with Crippen LogP contribution in [0, 0.1) is 0 Å². The Morgan fingerprint density at radius 3 is 2.25 bits per heavy atom. The van der Waals surface area contributed by atoms with Gasteiger partial charge in [0.25, 0.3) is 0 Å². The molecule has 0 aromatic heterocycles. The van der Waals surface area contributed by atoms with Gasteiger partial charge in [0.2, 0.25) is 0 Å². The van der Waals surface area contributed by atoms with Gasteiger partial charge >= 0.3 is 6.18 Å². The van der Waals surface area contributed by atoms with Crippen molar-refractivity contribution in [2.75, 3.05) is 0 Å². The molecule has 0 rings (SSSR count). The van der Waals surface area contributed by atoms with Crippen LogP contribution in [-0.2, 0) is 0 Å². The van der Waals surface area contributed by atoms with Crippen LogP contribution in [0.2, 0.25) is 0 Å². The van der Waals surface area contributed by atoms with Crippen LogP contribution in [0.15, 0.2) is 16.8 Å². The summed E-state index contributed by atoms with van der Waals surface area (Å²) in [6, 6.07) is -0.0257. The first-order valence-corrected chi connectivity index (χ1v) is 3.40. The zero-order valence-electron chi connectivity index (χ0n) is 6.89. The maximum absolute atomic E-state index is 11.7. The van der Waals surface area contributed by atoms with E-state index in [1.165, 1.54) is 0 Å². The van der Waals surface area contributed by atoms with E-state index in [-0.39, 0.29) is 6.04 Å². The number of allylic oxidation sites excluding steroid dienone is 2. The zero-order chi connectivity index (χ0) is 9.78. The smallest absolute Gasteiger partial charge is 0.395 e. The summed E-state index contributed by atoms with van der Waals surface area (Å²) in [7, 11) is 0. The van der Waals surface area contributed by atoms with Crippen molar-refractivity contribution in [3.8, 4) is 0 Å². The molecule has 70 valence electrons. The predicted octanol–water partition coefficient (Wildman–Crippen LogP) is 1.87. The maximum Gasteiger partial charge on any atom is 0.430 e. The number of alkyl halides is 3. The van der Waals surface area contributed by atoms with Gasteiger partial charge in [0.1, 0.15) is 5.70 Å². The quantitative estimate of drug-likeness (QED) is 0.647. The Kier molecular flexibility index (Phi) is 3.79. The van der Waals surface area contributed by atoms with Crippen LogP contribution >= 0.6 is 0 Å². The molecule has 2 nitrogen and oxygen atoms in total. The van der Waals surface area contributed by atoms with E-state index < -0.39 is 11.9 Å². The predicted molar refractivity (Wildman–Crippen MR) is 42.0 cm³/mol. The first-order chi connectivity index (χ1) is 5.34. The molecule has 0 aromatic carbocycles. The maximum atomic E-state index is 11.7. The molecule has 0 saturated heterocycles. The lowest BCUT2D eigenvalue weighted by molar-refractivity contribution is -0.0925. The second kappa shape index (κ2) is 4.13. The summed E-state index contributed by atoms with van der Waals surface area (Å²) >= 11 is 0. The fourth-order valence-electron chi connectivity index (χ4n) is 0.390. The van der Waals surface area contributed by atoms with Crippen LogP contribution in [0.5, 0.6) is 0 Å². The molecule has 0 bridgehead atoms. The molecule has 0 aliphatic heterocycles. The van der Waals surface area contributed by atoms with Gasteiger partial charge in [-0.1, -0.05) is 0 Å². The second-order valence-corrected chi connectivity index (χ2v) is 2.51. The minimum Gasteiger partial charge on any atom is -0.395 e. The molecule has 0 radical (unpaired) electrons. The molecule has 0 unspecified atom stereocenters. The Morgan fingerprint density at radius 2 is 1.92 bits per heavy atom. The molecule has 0 fully saturated rings. The van der Waals surface area contributed by atoms with Crippen LogP contribution in [-0.4, -0.2) is 18.4 Å². The summed E-state index contributed by atoms with van der Waals surface area (Å²) in [6.45, 7) is 3.52. The van der Waals surface area contributed by atoms with E-state index in [1.54, 1.807) is 13.8 Å². The third-order valence-corrected chi connectivity index (χ3v) is 0.966. The first-order valence-electron chi connectivity index (χ1n) is 3.40. The van der Waals surface area contributed by atoms with E-state index in [1.807, 2.05) is 0 Å². The van der Waals surface area contributed by atoms with Crippen LogP contribution in [0.4, 0.5) is 13.2 Å². The molecule has 0 spiro atoms. The minimum absolute atomic E-state index is 0.0257. The van der Waals surface area contributed by atoms with Gasteiger partial charge in [0.15, 0.2) is 0 Å². The van der Waals surface area contributed by atoms with Gasteiger partial charge in [-0.25, -0.2) is 0 Å². The SMILES string of the molecule is CC(C)N=C/C=C(\N)C(F)(F)F. The normalized spacial score (nSPS) is 14.7. The van der Waals surface area contributed by atoms with Crippen molar-refractivity contribution < 1.29 is 13.2 Å². The molecule has 0 aliphatic carbocycles. The lowest BCUT2D eigenvalue weighted by atomic mass is 10.4.